The van der Waals surface area contributed by atoms with E-state index >= 15 is 0 Å². The molecule has 0 bridgehead atoms. The van der Waals surface area contributed by atoms with Gasteiger partial charge in [0.15, 0.2) is 5.65 Å². The summed E-state index contributed by atoms with van der Waals surface area (Å²) in [6.45, 7) is 3.76. The predicted molar refractivity (Wildman–Crippen MR) is 70.4 cm³/mol. The number of hydrogen-bond donors (Lipinski definition) is 0. The third-order valence-corrected chi connectivity index (χ3v) is 2.98. The van der Waals surface area contributed by atoms with Gasteiger partial charge in [0, 0.05) is 29.2 Å². The molecule has 5 heteroatoms. The number of nitrogens with zero attached hydrogens (tertiary/aromatic N) is 5. The van der Waals surface area contributed by atoms with Gasteiger partial charge in [-0.25, -0.2) is 9.50 Å². The standard InChI is InChI=1S/C14H11N5/c1-9-6-12(11-4-3-5-16-8-11)13(7-15)14-17-10(2)18-19(9)14/h3-6,8H,1-2H3. The Hall–Kier alpha value is -2.74. The highest BCUT2D eigenvalue weighted by Crippen LogP contribution is 2.26. The van der Waals surface area contributed by atoms with Crippen molar-refractivity contribution in [1.29, 1.82) is 5.26 Å². The smallest absolute Gasteiger partial charge is 0.174 e. The number of aryl methyl sites for hydroxylation is 2. The molecule has 3 aromatic rings. The SMILES string of the molecule is Cc1nc2c(C#N)c(-c3cccnc3)cc(C)n2n1. The Morgan fingerprint density at radius 2 is 2.16 bits per heavy atom. The van der Waals surface area contributed by atoms with E-state index in [9.17, 15) is 5.26 Å². The highest BCUT2D eigenvalue weighted by atomic mass is 15.3. The van der Waals surface area contributed by atoms with E-state index < -0.39 is 0 Å². The monoisotopic (exact) mass is 249 g/mol. The largest absolute Gasteiger partial charge is 0.264 e. The Kier molecular flexibility index (Phi) is 2.50. The zero-order valence-electron chi connectivity index (χ0n) is 10.6. The fraction of sp³-hybridized carbons (Fsp3) is 0.143. The van der Waals surface area contributed by atoms with Gasteiger partial charge in [0.1, 0.15) is 17.5 Å². The van der Waals surface area contributed by atoms with Crippen molar-refractivity contribution in [1.82, 2.24) is 19.6 Å². The summed E-state index contributed by atoms with van der Waals surface area (Å²) < 4.78 is 1.70. The van der Waals surface area contributed by atoms with Crippen LogP contribution >= 0.6 is 0 Å². The number of nitriles is 1. The van der Waals surface area contributed by atoms with Crippen LogP contribution < -0.4 is 0 Å². The fourth-order valence-corrected chi connectivity index (χ4v) is 2.15. The molecule has 92 valence electrons. The minimum atomic E-state index is 0.527. The number of hydrogen-bond acceptors (Lipinski definition) is 4. The summed E-state index contributed by atoms with van der Waals surface area (Å²) in [5, 5.41) is 13.7. The van der Waals surface area contributed by atoms with Crippen LogP contribution in [0, 0.1) is 25.2 Å². The number of rotatable bonds is 1. The van der Waals surface area contributed by atoms with Gasteiger partial charge in [0.25, 0.3) is 0 Å². The molecule has 0 unspecified atom stereocenters. The Labute approximate surface area is 110 Å². The fourth-order valence-electron chi connectivity index (χ4n) is 2.15. The second-order valence-electron chi connectivity index (χ2n) is 4.32. The van der Waals surface area contributed by atoms with Gasteiger partial charge in [-0.3, -0.25) is 4.98 Å². The minimum absolute atomic E-state index is 0.527. The zero-order valence-corrected chi connectivity index (χ0v) is 10.6. The van der Waals surface area contributed by atoms with E-state index in [2.05, 4.69) is 21.1 Å². The van der Waals surface area contributed by atoms with Crippen molar-refractivity contribution in [3.05, 3.63) is 47.7 Å². The molecule has 0 aliphatic rings. The lowest BCUT2D eigenvalue weighted by atomic mass is 10.0. The molecule has 3 aromatic heterocycles. The maximum atomic E-state index is 9.43. The molecule has 3 heterocycles. The van der Waals surface area contributed by atoms with Crippen molar-refractivity contribution in [3.8, 4) is 17.2 Å². The first-order valence-electron chi connectivity index (χ1n) is 5.88. The first-order valence-corrected chi connectivity index (χ1v) is 5.88. The van der Waals surface area contributed by atoms with Gasteiger partial charge >= 0.3 is 0 Å². The van der Waals surface area contributed by atoms with Gasteiger partial charge in [-0.1, -0.05) is 6.07 Å². The van der Waals surface area contributed by atoms with Gasteiger partial charge in [-0.15, -0.1) is 0 Å². The van der Waals surface area contributed by atoms with Crippen LogP contribution in [-0.2, 0) is 0 Å². The van der Waals surface area contributed by atoms with Crippen molar-refractivity contribution < 1.29 is 0 Å². The second kappa shape index (κ2) is 4.18. The highest BCUT2D eigenvalue weighted by molar-refractivity contribution is 5.77. The molecular formula is C14H11N5. The summed E-state index contributed by atoms with van der Waals surface area (Å²) >= 11 is 0. The topological polar surface area (TPSA) is 66.9 Å². The molecular weight excluding hydrogens is 238 g/mol. The van der Waals surface area contributed by atoms with Crippen molar-refractivity contribution in [2.75, 3.05) is 0 Å². The molecule has 5 nitrogen and oxygen atoms in total. The van der Waals surface area contributed by atoms with E-state index in [0.29, 0.717) is 17.0 Å². The third kappa shape index (κ3) is 1.74. The third-order valence-electron chi connectivity index (χ3n) is 2.98. The minimum Gasteiger partial charge on any atom is -0.264 e. The van der Waals surface area contributed by atoms with Crippen molar-refractivity contribution in [2.45, 2.75) is 13.8 Å². The van der Waals surface area contributed by atoms with Gasteiger partial charge in [-0.05, 0) is 26.0 Å². The number of aromatic nitrogens is 4. The Balaban J connectivity index is 2.41. The van der Waals surface area contributed by atoms with E-state index in [0.717, 1.165) is 16.8 Å². The van der Waals surface area contributed by atoms with Crippen molar-refractivity contribution in [2.24, 2.45) is 0 Å². The molecule has 3 rings (SSSR count). The molecule has 0 aromatic carbocycles. The van der Waals surface area contributed by atoms with Crippen LogP contribution in [0.5, 0.6) is 0 Å². The highest BCUT2D eigenvalue weighted by Gasteiger charge is 2.14. The summed E-state index contributed by atoms with van der Waals surface area (Å²) in [6.07, 6.45) is 3.46. The molecule has 0 aliphatic heterocycles. The summed E-state index contributed by atoms with van der Waals surface area (Å²) in [5.74, 6) is 0.655. The van der Waals surface area contributed by atoms with Crippen LogP contribution in [0.15, 0.2) is 30.6 Å². The van der Waals surface area contributed by atoms with Gasteiger partial charge in [0.2, 0.25) is 0 Å². The maximum Gasteiger partial charge on any atom is 0.174 e. The van der Waals surface area contributed by atoms with Crippen molar-refractivity contribution >= 4 is 5.65 Å². The van der Waals surface area contributed by atoms with Crippen LogP contribution in [0.1, 0.15) is 17.1 Å². The maximum absolute atomic E-state index is 9.43. The molecule has 0 fully saturated rings. The van der Waals surface area contributed by atoms with Gasteiger partial charge in [0.05, 0.1) is 0 Å². The molecule has 0 N–H and O–H groups in total. The van der Waals surface area contributed by atoms with Crippen molar-refractivity contribution in [3.63, 3.8) is 0 Å². The molecule has 19 heavy (non-hydrogen) atoms. The van der Waals surface area contributed by atoms with Crippen LogP contribution in [0.3, 0.4) is 0 Å². The quantitative estimate of drug-likeness (QED) is 0.663. The summed E-state index contributed by atoms with van der Waals surface area (Å²) in [5.41, 5.74) is 3.81. The zero-order chi connectivity index (χ0) is 13.4. The van der Waals surface area contributed by atoms with E-state index in [1.54, 1.807) is 16.9 Å². The Morgan fingerprint density at radius 3 is 2.84 bits per heavy atom. The van der Waals surface area contributed by atoms with E-state index in [1.807, 2.05) is 32.0 Å². The van der Waals surface area contributed by atoms with E-state index in [1.165, 1.54) is 0 Å². The van der Waals surface area contributed by atoms with E-state index in [-0.39, 0.29) is 0 Å². The lowest BCUT2D eigenvalue weighted by molar-refractivity contribution is 0.891. The molecule has 0 spiro atoms. The van der Waals surface area contributed by atoms with Gasteiger partial charge in [-0.2, -0.15) is 10.4 Å². The molecule has 0 aliphatic carbocycles. The lowest BCUT2D eigenvalue weighted by Crippen LogP contribution is -1.99. The van der Waals surface area contributed by atoms with Crippen LogP contribution in [0.4, 0.5) is 0 Å². The average molecular weight is 249 g/mol. The molecule has 0 saturated heterocycles. The normalized spacial score (nSPS) is 10.6. The first kappa shape index (κ1) is 11.4. The average Bonchev–Trinajstić information content (AvgIpc) is 2.82. The predicted octanol–water partition coefficient (Wildman–Crippen LogP) is 2.28. The molecule has 0 amide bonds. The summed E-state index contributed by atoms with van der Waals surface area (Å²) in [6, 6.07) is 7.95. The summed E-state index contributed by atoms with van der Waals surface area (Å²) in [4.78, 5) is 8.44. The van der Waals surface area contributed by atoms with Crippen LogP contribution in [-0.4, -0.2) is 19.6 Å². The first-order chi connectivity index (χ1) is 9.20. The van der Waals surface area contributed by atoms with Crippen LogP contribution in [0.25, 0.3) is 16.8 Å². The van der Waals surface area contributed by atoms with Gasteiger partial charge < -0.3 is 0 Å². The second-order valence-corrected chi connectivity index (χ2v) is 4.32. The Morgan fingerprint density at radius 1 is 1.32 bits per heavy atom. The van der Waals surface area contributed by atoms with Crippen LogP contribution in [0.2, 0.25) is 0 Å². The Bertz CT molecular complexity index is 796. The number of fused-ring (bicyclic) bond motifs is 1. The molecule has 0 radical (unpaired) electrons. The molecule has 0 saturated carbocycles. The van der Waals surface area contributed by atoms with E-state index in [4.69, 9.17) is 0 Å². The summed E-state index contributed by atoms with van der Waals surface area (Å²) in [7, 11) is 0. The molecule has 0 atom stereocenters. The lowest BCUT2D eigenvalue weighted by Gasteiger charge is -2.07. The number of pyridine rings is 2.